The summed E-state index contributed by atoms with van der Waals surface area (Å²) in [6.45, 7) is 5.83. The van der Waals surface area contributed by atoms with E-state index in [-0.39, 0.29) is 12.6 Å². The van der Waals surface area contributed by atoms with Crippen molar-refractivity contribution in [2.24, 2.45) is 5.16 Å². The number of ether oxygens (including phenoxy) is 1. The summed E-state index contributed by atoms with van der Waals surface area (Å²) in [5, 5.41) is 4.96. The lowest BCUT2D eigenvalue weighted by Crippen LogP contribution is -2.56. The van der Waals surface area contributed by atoms with E-state index in [1.165, 1.54) is 4.90 Å². The van der Waals surface area contributed by atoms with E-state index < -0.39 is 41.0 Å². The average molecular weight is 640 g/mol. The van der Waals surface area contributed by atoms with Crippen LogP contribution in [-0.2, 0) is 28.3 Å². The molecule has 1 amide bonds. The largest absolute Gasteiger partial charge is 0.416 e. The first-order chi connectivity index (χ1) is 21.5. The Balaban J connectivity index is 1.28. The molecule has 3 heterocycles. The summed E-state index contributed by atoms with van der Waals surface area (Å²) in [4.78, 5) is 28.0. The molecule has 14 heteroatoms. The second-order valence-electron chi connectivity index (χ2n) is 11.2. The molecule has 2 aromatic carbocycles. The molecular weight excluding hydrogens is 604 g/mol. The number of morpholine rings is 1. The summed E-state index contributed by atoms with van der Waals surface area (Å²) in [6, 6.07) is 8.11. The molecule has 0 spiro atoms. The first-order valence-electron chi connectivity index (χ1n) is 14.8. The van der Waals surface area contributed by atoms with Gasteiger partial charge < -0.3 is 19.5 Å². The van der Waals surface area contributed by atoms with Crippen LogP contribution in [0.2, 0.25) is 0 Å². The number of alkyl halides is 6. The summed E-state index contributed by atoms with van der Waals surface area (Å²) in [5.41, 5.74) is -1.89. The Labute approximate surface area is 256 Å². The molecule has 2 aliphatic rings. The summed E-state index contributed by atoms with van der Waals surface area (Å²) < 4.78 is 86.6. The van der Waals surface area contributed by atoms with Gasteiger partial charge in [0.15, 0.2) is 0 Å². The summed E-state index contributed by atoms with van der Waals surface area (Å²) in [6.07, 6.45) is -5.69. The molecule has 3 aromatic rings. The number of aromatic amines is 1. The fourth-order valence-electron chi connectivity index (χ4n) is 5.76. The normalized spacial score (nSPS) is 19.1. The zero-order valence-electron chi connectivity index (χ0n) is 24.5. The van der Waals surface area contributed by atoms with Gasteiger partial charge >= 0.3 is 12.4 Å². The van der Waals surface area contributed by atoms with Crippen LogP contribution in [0.5, 0.6) is 0 Å². The predicted molar refractivity (Wildman–Crippen MR) is 156 cm³/mol. The average Bonchev–Trinajstić information content (AvgIpc) is 3.42. The Morgan fingerprint density at radius 3 is 2.38 bits per heavy atom. The zero-order chi connectivity index (χ0) is 32.0. The van der Waals surface area contributed by atoms with Crippen LogP contribution < -0.4 is 0 Å². The number of benzene rings is 2. The molecular formula is C31H35F6N5O3. The van der Waals surface area contributed by atoms with Crippen molar-refractivity contribution < 1.29 is 40.7 Å². The quantitative estimate of drug-likeness (QED) is 0.141. The lowest BCUT2D eigenvalue weighted by Gasteiger charge is -2.41. The van der Waals surface area contributed by atoms with Gasteiger partial charge in [-0.1, -0.05) is 23.4 Å². The second kappa shape index (κ2) is 14.2. The molecule has 0 saturated carbocycles. The number of oxime groups is 1. The highest BCUT2D eigenvalue weighted by Crippen LogP contribution is 2.37. The Morgan fingerprint density at radius 2 is 1.67 bits per heavy atom. The molecule has 2 saturated heterocycles. The van der Waals surface area contributed by atoms with Gasteiger partial charge in [0.25, 0.3) is 5.91 Å². The molecule has 5 rings (SSSR count). The third-order valence-electron chi connectivity index (χ3n) is 8.12. The number of H-pyrrole nitrogens is 1. The van der Waals surface area contributed by atoms with Crippen LogP contribution in [0, 0.1) is 0 Å². The number of rotatable bonds is 10. The SMILES string of the molecule is O=C(c1cc(C(F)(F)F)cc(C(F)(F)F)c1)N1CCN(CCC=NOCCN2CCOCC2)C[C@H]1Cc1c[nH]c2ccccc12. The highest BCUT2D eigenvalue weighted by Gasteiger charge is 2.39. The number of fused-ring (bicyclic) bond motifs is 1. The standard InChI is InChI=1S/C31H35F6N5O3/c32-30(33,34)24-16-22(17-25(19-24)31(35,36)37)29(43)42-9-8-41(7-3-6-39-45-15-12-40-10-13-44-14-11-40)21-26(42)18-23-20-38-28-5-2-1-4-27(23)28/h1-2,4-6,16-17,19-20,26,38H,3,7-15,18,21H2/t26-/m1/s1. The van der Waals surface area contributed by atoms with Crippen molar-refractivity contribution in [2.75, 3.05) is 65.6 Å². The number of amides is 1. The predicted octanol–water partition coefficient (Wildman–Crippen LogP) is 5.30. The number of nitrogens with one attached hydrogen (secondary N) is 1. The maximum Gasteiger partial charge on any atom is 0.416 e. The molecule has 1 atom stereocenters. The summed E-state index contributed by atoms with van der Waals surface area (Å²) >= 11 is 0. The zero-order valence-corrected chi connectivity index (χ0v) is 24.5. The van der Waals surface area contributed by atoms with E-state index in [1.807, 2.05) is 30.5 Å². The first kappa shape index (κ1) is 32.8. The third kappa shape index (κ3) is 8.56. The number of halogens is 6. The molecule has 45 heavy (non-hydrogen) atoms. The molecule has 1 N–H and O–H groups in total. The minimum absolute atomic E-state index is 0.0338. The van der Waals surface area contributed by atoms with Gasteiger partial charge in [-0.05, 0) is 42.7 Å². The van der Waals surface area contributed by atoms with Crippen molar-refractivity contribution >= 4 is 23.0 Å². The highest BCUT2D eigenvalue weighted by molar-refractivity contribution is 5.95. The minimum Gasteiger partial charge on any atom is -0.395 e. The number of para-hydroxylation sites is 1. The highest BCUT2D eigenvalue weighted by atomic mass is 19.4. The fourth-order valence-corrected chi connectivity index (χ4v) is 5.76. The van der Waals surface area contributed by atoms with Crippen LogP contribution in [0.15, 0.2) is 53.8 Å². The number of hydrogen-bond acceptors (Lipinski definition) is 6. The van der Waals surface area contributed by atoms with Gasteiger partial charge in [-0.2, -0.15) is 26.3 Å². The van der Waals surface area contributed by atoms with Crippen molar-refractivity contribution in [2.45, 2.75) is 31.2 Å². The Kier molecular flexibility index (Phi) is 10.3. The van der Waals surface area contributed by atoms with Gasteiger partial charge in [0.2, 0.25) is 0 Å². The third-order valence-corrected chi connectivity index (χ3v) is 8.12. The number of piperazine rings is 1. The molecule has 2 aliphatic heterocycles. The van der Waals surface area contributed by atoms with E-state index in [9.17, 15) is 31.1 Å². The van der Waals surface area contributed by atoms with Crippen LogP contribution in [0.25, 0.3) is 10.9 Å². The van der Waals surface area contributed by atoms with E-state index in [1.54, 1.807) is 6.21 Å². The maximum atomic E-state index is 13.7. The van der Waals surface area contributed by atoms with Crippen LogP contribution in [0.3, 0.4) is 0 Å². The van der Waals surface area contributed by atoms with E-state index >= 15 is 0 Å². The Hall–Kier alpha value is -3.62. The summed E-state index contributed by atoms with van der Waals surface area (Å²) in [5.74, 6) is -0.869. The first-order valence-corrected chi connectivity index (χ1v) is 14.8. The fraction of sp³-hybridized carbons (Fsp3) is 0.484. The number of carbonyl (C=O) groups excluding carboxylic acids is 1. The van der Waals surface area contributed by atoms with Crippen LogP contribution in [0.4, 0.5) is 26.3 Å². The smallest absolute Gasteiger partial charge is 0.395 e. The second-order valence-corrected chi connectivity index (χ2v) is 11.2. The molecule has 244 valence electrons. The maximum absolute atomic E-state index is 13.7. The molecule has 0 radical (unpaired) electrons. The van der Waals surface area contributed by atoms with Gasteiger partial charge in [0.05, 0.1) is 24.3 Å². The van der Waals surface area contributed by atoms with E-state index in [0.29, 0.717) is 64.4 Å². The molecule has 8 nitrogen and oxygen atoms in total. The van der Waals surface area contributed by atoms with Crippen molar-refractivity contribution in [3.63, 3.8) is 0 Å². The number of nitrogens with zero attached hydrogens (tertiary/aromatic N) is 4. The minimum atomic E-state index is -5.05. The Bertz CT molecular complexity index is 1440. The molecule has 0 aliphatic carbocycles. The van der Waals surface area contributed by atoms with Crippen molar-refractivity contribution in [1.29, 1.82) is 0 Å². The van der Waals surface area contributed by atoms with Gasteiger partial charge in [-0.25, -0.2) is 0 Å². The number of hydrogen-bond donors (Lipinski definition) is 1. The lowest BCUT2D eigenvalue weighted by molar-refractivity contribution is -0.143. The van der Waals surface area contributed by atoms with E-state index in [2.05, 4.69) is 19.9 Å². The monoisotopic (exact) mass is 639 g/mol. The molecule has 0 unspecified atom stereocenters. The van der Waals surface area contributed by atoms with Crippen LogP contribution in [-0.4, -0.2) is 103 Å². The van der Waals surface area contributed by atoms with Crippen LogP contribution >= 0.6 is 0 Å². The number of carbonyl (C=O) groups is 1. The van der Waals surface area contributed by atoms with Gasteiger partial charge in [-0.15, -0.1) is 0 Å². The molecule has 2 fully saturated rings. The van der Waals surface area contributed by atoms with E-state index in [0.717, 1.165) is 36.1 Å². The van der Waals surface area contributed by atoms with Gasteiger partial charge in [-0.3, -0.25) is 14.6 Å². The Morgan fingerprint density at radius 1 is 0.956 bits per heavy atom. The molecule has 0 bridgehead atoms. The van der Waals surface area contributed by atoms with Gasteiger partial charge in [0, 0.05) is 80.7 Å². The lowest BCUT2D eigenvalue weighted by atomic mass is 9.98. The van der Waals surface area contributed by atoms with Gasteiger partial charge in [0.1, 0.15) is 6.61 Å². The van der Waals surface area contributed by atoms with Crippen LogP contribution in [0.1, 0.15) is 33.5 Å². The van der Waals surface area contributed by atoms with Crippen molar-refractivity contribution in [3.8, 4) is 0 Å². The molecule has 1 aromatic heterocycles. The topological polar surface area (TPSA) is 73.4 Å². The van der Waals surface area contributed by atoms with E-state index in [4.69, 9.17) is 9.57 Å². The number of aromatic nitrogens is 1. The van der Waals surface area contributed by atoms with Crippen molar-refractivity contribution in [1.82, 2.24) is 19.7 Å². The summed E-state index contributed by atoms with van der Waals surface area (Å²) in [7, 11) is 0. The van der Waals surface area contributed by atoms with Crippen molar-refractivity contribution in [3.05, 3.63) is 70.9 Å².